The molecule has 1 heterocycles. The highest BCUT2D eigenvalue weighted by Crippen LogP contribution is 2.14. The number of non-ortho nitro benzene ring substituents is 1. The summed E-state index contributed by atoms with van der Waals surface area (Å²) in [5.41, 5.74) is 0.674. The van der Waals surface area contributed by atoms with E-state index in [4.69, 9.17) is 0 Å². The topological polar surface area (TPSA) is 80.5 Å². The van der Waals surface area contributed by atoms with Gasteiger partial charge in [-0.2, -0.15) is 0 Å². The first-order chi connectivity index (χ1) is 9.58. The van der Waals surface area contributed by atoms with E-state index in [9.17, 15) is 19.7 Å². The summed E-state index contributed by atoms with van der Waals surface area (Å²) < 4.78 is 0. The first-order valence-electron chi connectivity index (χ1n) is 6.35. The lowest BCUT2D eigenvalue weighted by Crippen LogP contribution is -2.39. The predicted molar refractivity (Wildman–Crippen MR) is 72.7 cm³/mol. The lowest BCUT2D eigenvalue weighted by molar-refractivity contribution is -0.384. The number of carbonyl (C=O) groups is 2. The molecule has 1 aliphatic heterocycles. The van der Waals surface area contributed by atoms with E-state index >= 15 is 0 Å². The highest BCUT2D eigenvalue weighted by Gasteiger charge is 2.22. The van der Waals surface area contributed by atoms with Gasteiger partial charge in [-0.25, -0.2) is 0 Å². The zero-order chi connectivity index (χ0) is 14.5. The highest BCUT2D eigenvalue weighted by molar-refractivity contribution is 6.03. The summed E-state index contributed by atoms with van der Waals surface area (Å²) in [4.78, 5) is 34.7. The second-order valence-corrected chi connectivity index (χ2v) is 4.52. The van der Waals surface area contributed by atoms with Crippen LogP contribution in [-0.4, -0.2) is 28.2 Å². The molecule has 2 amide bonds. The lowest BCUT2D eigenvalue weighted by Gasteiger charge is -2.23. The Labute approximate surface area is 115 Å². The van der Waals surface area contributed by atoms with Crippen molar-refractivity contribution in [1.29, 1.82) is 0 Å². The molecule has 0 N–H and O–H groups in total. The molecule has 104 valence electrons. The normalized spacial score (nSPS) is 15.6. The summed E-state index contributed by atoms with van der Waals surface area (Å²) in [6.45, 7) is 0.461. The van der Waals surface area contributed by atoms with E-state index in [0.717, 1.165) is 12.8 Å². The van der Waals surface area contributed by atoms with Gasteiger partial charge in [-0.15, -0.1) is 0 Å². The van der Waals surface area contributed by atoms with Crippen LogP contribution in [0.1, 0.15) is 24.8 Å². The number of hydrogen-bond donors (Lipinski definition) is 0. The summed E-state index contributed by atoms with van der Waals surface area (Å²) in [5.74, 6) is -0.484. The van der Waals surface area contributed by atoms with E-state index < -0.39 is 4.92 Å². The van der Waals surface area contributed by atoms with E-state index in [-0.39, 0.29) is 17.5 Å². The molecule has 0 radical (unpaired) electrons. The fourth-order valence-electron chi connectivity index (χ4n) is 2.00. The smallest absolute Gasteiger partial charge is 0.269 e. The number of carbonyl (C=O) groups excluding carboxylic acids is 2. The van der Waals surface area contributed by atoms with Gasteiger partial charge in [-0.3, -0.25) is 24.6 Å². The van der Waals surface area contributed by atoms with Gasteiger partial charge in [0.25, 0.3) is 11.6 Å². The molecule has 0 aliphatic carbocycles. The van der Waals surface area contributed by atoms with Gasteiger partial charge in [0, 0.05) is 31.2 Å². The Bertz CT molecular complexity index is 563. The number of nitrogens with zero attached hydrogens (tertiary/aromatic N) is 2. The number of likely N-dealkylation sites (tertiary alicyclic amines) is 1. The summed E-state index contributed by atoms with van der Waals surface area (Å²) in [6.07, 6.45) is 4.95. The molecular formula is C14H14N2O4. The van der Waals surface area contributed by atoms with Crippen molar-refractivity contribution in [2.24, 2.45) is 0 Å². The molecule has 0 saturated carbocycles. The zero-order valence-electron chi connectivity index (χ0n) is 10.8. The molecule has 0 atom stereocenters. The minimum absolute atomic E-state index is 0.000292. The summed E-state index contributed by atoms with van der Waals surface area (Å²) in [5, 5.41) is 10.5. The van der Waals surface area contributed by atoms with Crippen molar-refractivity contribution in [1.82, 2.24) is 4.90 Å². The van der Waals surface area contributed by atoms with Crippen LogP contribution >= 0.6 is 0 Å². The minimum atomic E-state index is -0.481. The molecular weight excluding hydrogens is 260 g/mol. The van der Waals surface area contributed by atoms with Crippen LogP contribution in [0.25, 0.3) is 6.08 Å². The van der Waals surface area contributed by atoms with Gasteiger partial charge in [-0.05, 0) is 36.6 Å². The van der Waals surface area contributed by atoms with Crippen molar-refractivity contribution in [3.05, 3.63) is 46.0 Å². The van der Waals surface area contributed by atoms with Crippen LogP contribution in [0.4, 0.5) is 5.69 Å². The number of rotatable bonds is 3. The number of nitro groups is 1. The van der Waals surface area contributed by atoms with E-state index in [1.165, 1.54) is 23.1 Å². The average molecular weight is 274 g/mol. The Morgan fingerprint density at radius 2 is 1.95 bits per heavy atom. The fraction of sp³-hybridized carbons (Fsp3) is 0.286. The van der Waals surface area contributed by atoms with E-state index in [0.29, 0.717) is 18.5 Å². The third-order valence-corrected chi connectivity index (χ3v) is 3.11. The number of piperidine rings is 1. The number of amides is 2. The molecule has 1 aromatic carbocycles. The van der Waals surface area contributed by atoms with E-state index in [1.807, 2.05) is 0 Å². The van der Waals surface area contributed by atoms with Gasteiger partial charge in [0.05, 0.1) is 4.92 Å². The molecule has 1 aliphatic rings. The third-order valence-electron chi connectivity index (χ3n) is 3.11. The molecule has 6 nitrogen and oxygen atoms in total. The first-order valence-corrected chi connectivity index (χ1v) is 6.35. The van der Waals surface area contributed by atoms with Crippen molar-refractivity contribution >= 4 is 23.6 Å². The highest BCUT2D eigenvalue weighted by atomic mass is 16.6. The van der Waals surface area contributed by atoms with Crippen LogP contribution in [-0.2, 0) is 9.59 Å². The van der Waals surface area contributed by atoms with Gasteiger partial charge < -0.3 is 0 Å². The monoisotopic (exact) mass is 274 g/mol. The molecule has 1 saturated heterocycles. The maximum Gasteiger partial charge on any atom is 0.269 e. The summed E-state index contributed by atoms with van der Waals surface area (Å²) >= 11 is 0. The molecule has 0 bridgehead atoms. The van der Waals surface area contributed by atoms with Crippen LogP contribution in [0.3, 0.4) is 0 Å². The standard InChI is InChI=1S/C14H14N2O4/c17-13-3-1-2-10-15(13)14(18)9-6-11-4-7-12(8-5-11)16(19)20/h4-9H,1-3,10H2/b9-6+. The Balaban J connectivity index is 2.03. The maximum absolute atomic E-state index is 11.9. The summed E-state index contributed by atoms with van der Waals surface area (Å²) in [7, 11) is 0. The SMILES string of the molecule is O=C(/C=C/c1ccc([N+](=O)[O-])cc1)N1CCCCC1=O. The van der Waals surface area contributed by atoms with Crippen LogP contribution < -0.4 is 0 Å². The van der Waals surface area contributed by atoms with Crippen LogP contribution in [0.2, 0.25) is 0 Å². The second-order valence-electron chi connectivity index (χ2n) is 4.52. The third kappa shape index (κ3) is 3.28. The number of benzene rings is 1. The molecule has 2 rings (SSSR count). The van der Waals surface area contributed by atoms with Crippen LogP contribution in [0.5, 0.6) is 0 Å². The van der Waals surface area contributed by atoms with Crippen molar-refractivity contribution in [2.45, 2.75) is 19.3 Å². The van der Waals surface area contributed by atoms with Gasteiger partial charge in [0.15, 0.2) is 0 Å². The molecule has 1 fully saturated rings. The number of imide groups is 1. The molecule has 0 aromatic heterocycles. The quantitative estimate of drug-likeness (QED) is 0.480. The zero-order valence-corrected chi connectivity index (χ0v) is 10.8. The maximum atomic E-state index is 11.9. The average Bonchev–Trinajstić information content (AvgIpc) is 2.45. The minimum Gasteiger partial charge on any atom is -0.279 e. The van der Waals surface area contributed by atoms with Crippen molar-refractivity contribution in [3.8, 4) is 0 Å². The van der Waals surface area contributed by atoms with Crippen molar-refractivity contribution < 1.29 is 14.5 Å². The van der Waals surface area contributed by atoms with Gasteiger partial charge in [-0.1, -0.05) is 0 Å². The lowest BCUT2D eigenvalue weighted by atomic mass is 10.1. The number of hydrogen-bond acceptors (Lipinski definition) is 4. The predicted octanol–water partition coefficient (Wildman–Crippen LogP) is 2.15. The van der Waals surface area contributed by atoms with Gasteiger partial charge >= 0.3 is 0 Å². The van der Waals surface area contributed by atoms with Gasteiger partial charge in [0.2, 0.25) is 5.91 Å². The Morgan fingerprint density at radius 1 is 1.25 bits per heavy atom. The molecule has 0 spiro atoms. The van der Waals surface area contributed by atoms with Crippen molar-refractivity contribution in [2.75, 3.05) is 6.54 Å². The molecule has 6 heteroatoms. The molecule has 1 aromatic rings. The van der Waals surface area contributed by atoms with Crippen LogP contribution in [0.15, 0.2) is 30.3 Å². The largest absolute Gasteiger partial charge is 0.279 e. The number of nitro benzene ring substituents is 1. The Morgan fingerprint density at radius 3 is 2.55 bits per heavy atom. The molecule has 0 unspecified atom stereocenters. The van der Waals surface area contributed by atoms with Crippen LogP contribution in [0, 0.1) is 10.1 Å². The Kier molecular flexibility index (Phi) is 4.24. The summed E-state index contributed by atoms with van der Waals surface area (Å²) in [6, 6.07) is 5.85. The second kappa shape index (κ2) is 6.10. The van der Waals surface area contributed by atoms with E-state index in [1.54, 1.807) is 18.2 Å². The van der Waals surface area contributed by atoms with E-state index in [2.05, 4.69) is 0 Å². The fourth-order valence-corrected chi connectivity index (χ4v) is 2.00. The molecule has 20 heavy (non-hydrogen) atoms. The van der Waals surface area contributed by atoms with Crippen molar-refractivity contribution in [3.63, 3.8) is 0 Å². The first kappa shape index (κ1) is 13.9. The Hall–Kier alpha value is -2.50. The van der Waals surface area contributed by atoms with Gasteiger partial charge in [0.1, 0.15) is 0 Å².